The zero-order valence-corrected chi connectivity index (χ0v) is 70.0. The molecule has 9 nitrogen and oxygen atoms in total. The van der Waals surface area contributed by atoms with Gasteiger partial charge in [0, 0.05) is 24.4 Å². The molecule has 0 amide bonds. The number of unbranched alkanes of at least 4 members (excludes halogenated alkanes) is 30. The minimum absolute atomic E-state index is 0. The largest absolute Gasteiger partial charge is 0.870 e. The van der Waals surface area contributed by atoms with Gasteiger partial charge in [0.2, 0.25) is 0 Å². The van der Waals surface area contributed by atoms with Crippen LogP contribution in [0.25, 0.3) is 0 Å². The molecule has 6 rings (SSSR count). The van der Waals surface area contributed by atoms with Gasteiger partial charge in [0.25, 0.3) is 0 Å². The first-order valence-electron chi connectivity index (χ1n) is 37.3. The number of hydrogen-bond acceptors (Lipinski definition) is 9. The summed E-state index contributed by atoms with van der Waals surface area (Å²) in [5, 5.41) is 0. The molecular formula is C84H129I3O9Sb. The van der Waals surface area contributed by atoms with Crippen LogP contribution in [0.2, 0.25) is 0 Å². The van der Waals surface area contributed by atoms with E-state index in [4.69, 9.17) is 28.4 Å². The molecule has 0 aromatic heterocycles. The smallest absolute Gasteiger partial charge is 0.357 e. The zero-order valence-electron chi connectivity index (χ0n) is 60.9. The molecule has 0 heterocycles. The maximum Gasteiger partial charge on any atom is 0.357 e. The van der Waals surface area contributed by atoms with E-state index in [1.807, 2.05) is 0 Å². The Morgan fingerprint density at radius 3 is 0.412 bits per heavy atom. The summed E-state index contributed by atoms with van der Waals surface area (Å²) in [6.45, 7) is 18.6. The second-order valence-corrected chi connectivity index (χ2v) is 33.8. The Labute approximate surface area is 640 Å². The standard InChI is InChI=1S/3C28H42IO2.3H2O.Sb/c3*1-3-5-7-9-11-13-23-30-27-19-15-25(16-20-27)29-26-17-21-28(22-18-26)31-24-14-12-10-8-6-4-2;;;;/h3*15-22H,3-14,23-24H2,1-2H3;3*1H2;/q3*+1;;;;/p-3. The van der Waals surface area contributed by atoms with E-state index in [1.54, 1.807) is 0 Å². The fourth-order valence-electron chi connectivity index (χ4n) is 10.4. The van der Waals surface area contributed by atoms with Crippen molar-refractivity contribution in [1.82, 2.24) is 0 Å². The predicted molar refractivity (Wildman–Crippen MR) is 396 cm³/mol. The first kappa shape index (κ1) is 94.0. The third-order valence-electron chi connectivity index (χ3n) is 16.1. The number of hydrogen-bond donors (Lipinski definition) is 0. The van der Waals surface area contributed by atoms with E-state index in [1.165, 1.54) is 214 Å². The van der Waals surface area contributed by atoms with Crippen molar-refractivity contribution in [2.45, 2.75) is 273 Å². The normalized spacial score (nSPS) is 10.5. The maximum absolute atomic E-state index is 5.90. The van der Waals surface area contributed by atoms with Crippen LogP contribution in [0, 0.1) is 21.4 Å². The third kappa shape index (κ3) is 50.9. The molecule has 0 bridgehead atoms. The zero-order chi connectivity index (χ0) is 66.0. The molecule has 0 saturated heterocycles. The van der Waals surface area contributed by atoms with E-state index in [0.29, 0.717) is 0 Å². The van der Waals surface area contributed by atoms with Gasteiger partial charge in [-0.2, -0.15) is 0 Å². The first-order valence-corrected chi connectivity index (χ1v) is 43.7. The molecule has 6 aromatic rings. The van der Waals surface area contributed by atoms with Crippen molar-refractivity contribution >= 4 is 24.4 Å². The molecular weight excluding hydrogens is 1660 g/mol. The van der Waals surface area contributed by atoms with Gasteiger partial charge < -0.3 is 44.8 Å². The fraction of sp³-hybridized carbons (Fsp3) is 0.571. The summed E-state index contributed by atoms with van der Waals surface area (Å²) in [4.78, 5) is 0. The summed E-state index contributed by atoms with van der Waals surface area (Å²) >= 11 is -0.479. The number of benzene rings is 6. The molecule has 3 radical (unpaired) electrons. The average molecular weight is 1790 g/mol. The molecule has 3 N–H and O–H groups in total. The second-order valence-electron chi connectivity index (χ2n) is 24.7. The van der Waals surface area contributed by atoms with Crippen molar-refractivity contribution in [2.24, 2.45) is 0 Å². The van der Waals surface area contributed by atoms with Crippen molar-refractivity contribution < 1.29 is 108 Å². The number of halogens is 3. The molecule has 0 fully saturated rings. The SMILES string of the molecule is CCCCCCCCOc1ccc([I+]c2ccc(OCCCCCCCC)cc2)cc1.CCCCCCCCOc1ccc([I+]c2ccc(OCCCCCCCC)cc2)cc1.CCCCCCCCOc1ccc([I+]c2ccc(OCCCCCCCC)cc2)cc1.[OH-].[OH-].[OH-].[Sb]. The summed E-state index contributed by atoms with van der Waals surface area (Å²) in [5.74, 6) is 6.00. The molecule has 0 atom stereocenters. The van der Waals surface area contributed by atoms with E-state index in [0.717, 1.165) is 113 Å². The molecule has 0 aliphatic heterocycles. The van der Waals surface area contributed by atoms with Gasteiger partial charge in [0.05, 0.1) is 39.6 Å². The van der Waals surface area contributed by atoms with Crippen LogP contribution < -0.4 is 92.0 Å². The van der Waals surface area contributed by atoms with Crippen LogP contribution in [0.1, 0.15) is 273 Å². The monoisotopic (exact) mass is 1780 g/mol. The molecule has 0 spiro atoms. The summed E-state index contributed by atoms with van der Waals surface area (Å²) < 4.78 is 44.0. The van der Waals surface area contributed by atoms with Crippen LogP contribution in [0.4, 0.5) is 0 Å². The van der Waals surface area contributed by atoms with Crippen LogP contribution in [0.3, 0.4) is 0 Å². The van der Waals surface area contributed by atoms with Crippen molar-refractivity contribution in [2.75, 3.05) is 39.6 Å². The van der Waals surface area contributed by atoms with Crippen molar-refractivity contribution in [3.05, 3.63) is 167 Å². The summed E-state index contributed by atoms with van der Waals surface area (Å²) in [5.41, 5.74) is 0. The molecule has 97 heavy (non-hydrogen) atoms. The number of rotatable bonds is 54. The Morgan fingerprint density at radius 2 is 0.289 bits per heavy atom. The molecule has 545 valence electrons. The molecule has 0 aliphatic carbocycles. The Kier molecular flexibility index (Phi) is 65.4. The van der Waals surface area contributed by atoms with Gasteiger partial charge in [-0.05, 0) is 184 Å². The van der Waals surface area contributed by atoms with Gasteiger partial charge in [-0.3, -0.25) is 0 Å². The summed E-state index contributed by atoms with van der Waals surface area (Å²) in [6, 6.07) is 52.3. The molecule has 0 unspecified atom stereocenters. The minimum Gasteiger partial charge on any atom is -0.870 e. The van der Waals surface area contributed by atoms with Crippen LogP contribution in [-0.4, -0.2) is 80.5 Å². The van der Waals surface area contributed by atoms with Gasteiger partial charge in [-0.25, -0.2) is 0 Å². The van der Waals surface area contributed by atoms with Crippen molar-refractivity contribution in [1.29, 1.82) is 0 Å². The molecule has 6 aromatic carbocycles. The summed E-state index contributed by atoms with van der Waals surface area (Å²) in [7, 11) is 0. The van der Waals surface area contributed by atoms with Gasteiger partial charge >= 0.3 is 63.6 Å². The minimum atomic E-state index is -0.160. The summed E-state index contributed by atoms with van der Waals surface area (Å²) in [6.07, 6.45) is 46.8. The van der Waals surface area contributed by atoms with E-state index < -0.39 is 0 Å². The Hall–Kier alpha value is -2.99. The van der Waals surface area contributed by atoms with Gasteiger partial charge in [0.1, 0.15) is 34.5 Å². The Morgan fingerprint density at radius 1 is 0.175 bits per heavy atom. The van der Waals surface area contributed by atoms with Gasteiger partial charge in [0.15, 0.2) is 21.4 Å². The topological polar surface area (TPSA) is 145 Å². The van der Waals surface area contributed by atoms with Crippen LogP contribution in [-0.2, 0) is 0 Å². The van der Waals surface area contributed by atoms with Crippen molar-refractivity contribution in [3.63, 3.8) is 0 Å². The van der Waals surface area contributed by atoms with Crippen molar-refractivity contribution in [3.8, 4) is 34.5 Å². The maximum atomic E-state index is 5.90. The van der Waals surface area contributed by atoms with Crippen LogP contribution in [0.5, 0.6) is 34.5 Å². The average Bonchev–Trinajstić information content (AvgIpc) is 2.62. The van der Waals surface area contributed by atoms with Crippen LogP contribution in [0.15, 0.2) is 146 Å². The quantitative estimate of drug-likeness (QED) is 0.0207. The van der Waals surface area contributed by atoms with E-state index in [-0.39, 0.29) is 104 Å². The Balaban J connectivity index is 0.00000140. The van der Waals surface area contributed by atoms with E-state index >= 15 is 0 Å². The molecule has 13 heteroatoms. The molecule has 0 saturated carbocycles. The molecule has 0 aliphatic rings. The van der Waals surface area contributed by atoms with Gasteiger partial charge in [-0.1, -0.05) is 234 Å². The van der Waals surface area contributed by atoms with E-state index in [2.05, 4.69) is 187 Å². The number of ether oxygens (including phenoxy) is 6. The van der Waals surface area contributed by atoms with Gasteiger partial charge in [-0.15, -0.1) is 0 Å². The third-order valence-corrected chi connectivity index (χ3v) is 24.2. The second kappa shape index (κ2) is 67.5. The fourth-order valence-corrected chi connectivity index (χ4v) is 16.8. The first-order chi connectivity index (χ1) is 45.9. The Bertz CT molecular complexity index is 2130. The van der Waals surface area contributed by atoms with Crippen LogP contribution >= 0.6 is 0 Å². The predicted octanol–water partition coefficient (Wildman–Crippen LogP) is 15.0. The van der Waals surface area contributed by atoms with E-state index in [9.17, 15) is 0 Å².